The molecule has 5 rings (SSSR count). The maximum absolute atomic E-state index is 9.98. The smallest absolute Gasteiger partial charge is 0.214 e. The second-order valence-electron chi connectivity index (χ2n) is 9.35. The summed E-state index contributed by atoms with van der Waals surface area (Å²) in [5.74, 6) is 1.61. The Morgan fingerprint density at radius 3 is 2.41 bits per heavy atom. The van der Waals surface area contributed by atoms with Crippen molar-refractivity contribution in [3.05, 3.63) is 78.0 Å². The van der Waals surface area contributed by atoms with Crippen molar-refractivity contribution in [1.29, 1.82) is 0 Å². The summed E-state index contributed by atoms with van der Waals surface area (Å²) >= 11 is 0. The summed E-state index contributed by atoms with van der Waals surface area (Å²) in [7, 11) is 0. The van der Waals surface area contributed by atoms with E-state index in [-0.39, 0.29) is 6.61 Å². The number of aliphatic hydroxyl groups is 1. The summed E-state index contributed by atoms with van der Waals surface area (Å²) < 4.78 is 11.9. The maximum Gasteiger partial charge on any atom is 0.214 e. The molecule has 0 amide bonds. The van der Waals surface area contributed by atoms with Gasteiger partial charge in [0.2, 0.25) is 11.7 Å². The van der Waals surface area contributed by atoms with E-state index in [1.165, 1.54) is 0 Å². The van der Waals surface area contributed by atoms with Gasteiger partial charge in [-0.2, -0.15) is 5.21 Å². The largest absolute Gasteiger partial charge is 0.486 e. The molecular weight excluding hydrogens is 468 g/mol. The number of rotatable bonds is 9. The van der Waals surface area contributed by atoms with Gasteiger partial charge in [0.15, 0.2) is 0 Å². The van der Waals surface area contributed by atoms with Crippen molar-refractivity contribution in [3.63, 3.8) is 0 Å². The summed E-state index contributed by atoms with van der Waals surface area (Å²) in [6.07, 6.45) is 0.776. The van der Waals surface area contributed by atoms with E-state index in [2.05, 4.69) is 49.6 Å². The van der Waals surface area contributed by atoms with Crippen molar-refractivity contribution in [1.82, 2.24) is 30.6 Å². The Labute approximate surface area is 214 Å². The SMILES string of the molecule is CCc1cc(OCc2ccc(-c3ccccc3-c3nn[nH]n3)cc2)c2nc(OCC(C)(C)O)ccc2n1. The second-order valence-corrected chi connectivity index (χ2v) is 9.35. The monoisotopic (exact) mass is 496 g/mol. The molecule has 0 radical (unpaired) electrons. The van der Waals surface area contributed by atoms with E-state index in [0.29, 0.717) is 29.6 Å². The zero-order valence-electron chi connectivity index (χ0n) is 21.0. The van der Waals surface area contributed by atoms with Gasteiger partial charge in [-0.05, 0) is 48.2 Å². The minimum atomic E-state index is -0.960. The lowest BCUT2D eigenvalue weighted by Gasteiger charge is -2.17. The van der Waals surface area contributed by atoms with Crippen LogP contribution in [0, 0.1) is 0 Å². The highest BCUT2D eigenvalue weighted by Gasteiger charge is 2.16. The number of benzene rings is 2. The Balaban J connectivity index is 1.37. The number of aromatic nitrogens is 6. The molecule has 2 N–H and O–H groups in total. The van der Waals surface area contributed by atoms with Gasteiger partial charge in [0.05, 0.1) is 11.1 Å². The highest BCUT2D eigenvalue weighted by molar-refractivity contribution is 5.82. The number of nitrogens with zero attached hydrogens (tertiary/aromatic N) is 5. The Kier molecular flexibility index (Phi) is 6.78. The fraction of sp³-hybridized carbons (Fsp3) is 0.250. The molecule has 3 aromatic heterocycles. The predicted octanol–water partition coefficient (Wildman–Crippen LogP) is 4.77. The van der Waals surface area contributed by atoms with Crippen LogP contribution in [0.25, 0.3) is 33.5 Å². The molecule has 0 aliphatic rings. The van der Waals surface area contributed by atoms with E-state index in [9.17, 15) is 5.11 Å². The van der Waals surface area contributed by atoms with Crippen molar-refractivity contribution in [2.75, 3.05) is 6.61 Å². The molecule has 188 valence electrons. The molecule has 9 nitrogen and oxygen atoms in total. The van der Waals surface area contributed by atoms with Crippen molar-refractivity contribution >= 4 is 11.0 Å². The minimum absolute atomic E-state index is 0.129. The number of H-pyrrole nitrogens is 1. The van der Waals surface area contributed by atoms with Crippen molar-refractivity contribution in [2.45, 2.75) is 39.4 Å². The second kappa shape index (κ2) is 10.3. The topological polar surface area (TPSA) is 119 Å². The summed E-state index contributed by atoms with van der Waals surface area (Å²) in [6.45, 7) is 5.92. The molecule has 0 spiro atoms. The first-order valence-corrected chi connectivity index (χ1v) is 12.1. The van der Waals surface area contributed by atoms with Gasteiger partial charge in [-0.1, -0.05) is 55.5 Å². The van der Waals surface area contributed by atoms with E-state index >= 15 is 0 Å². The lowest BCUT2D eigenvalue weighted by molar-refractivity contribution is 0.0269. The lowest BCUT2D eigenvalue weighted by atomic mass is 9.98. The van der Waals surface area contributed by atoms with Gasteiger partial charge in [-0.25, -0.2) is 4.98 Å². The molecule has 0 saturated carbocycles. The molecule has 0 atom stereocenters. The van der Waals surface area contributed by atoms with E-state index in [1.807, 2.05) is 48.5 Å². The van der Waals surface area contributed by atoms with Crippen LogP contribution in [0.15, 0.2) is 66.7 Å². The van der Waals surface area contributed by atoms with E-state index in [1.54, 1.807) is 19.9 Å². The standard InChI is InChI=1S/C28H28N6O3/c1-4-20-15-24(26-23(29-20)13-14-25(30-26)37-17-28(2,3)35)36-16-18-9-11-19(12-10-18)21-7-5-6-8-22(21)27-31-33-34-32-27/h5-15,35H,4,16-17H2,1-3H3,(H,31,32,33,34). The Morgan fingerprint density at radius 1 is 0.919 bits per heavy atom. The van der Waals surface area contributed by atoms with Crippen LogP contribution in [0.1, 0.15) is 32.0 Å². The number of pyridine rings is 2. The first kappa shape index (κ1) is 24.3. The number of aromatic amines is 1. The number of hydrogen-bond acceptors (Lipinski definition) is 8. The molecule has 2 aromatic carbocycles. The zero-order chi connectivity index (χ0) is 25.8. The molecule has 0 aliphatic carbocycles. The van der Waals surface area contributed by atoms with Crippen LogP contribution < -0.4 is 9.47 Å². The van der Waals surface area contributed by atoms with Crippen molar-refractivity contribution < 1.29 is 14.6 Å². The van der Waals surface area contributed by atoms with Crippen LogP contribution in [0.3, 0.4) is 0 Å². The summed E-state index contributed by atoms with van der Waals surface area (Å²) in [6, 6.07) is 21.7. The van der Waals surface area contributed by atoms with Gasteiger partial charge in [-0.3, -0.25) is 4.98 Å². The average Bonchev–Trinajstić information content (AvgIpc) is 3.45. The highest BCUT2D eigenvalue weighted by Crippen LogP contribution is 2.31. The lowest BCUT2D eigenvalue weighted by Crippen LogP contribution is -2.28. The number of aryl methyl sites for hydroxylation is 1. The van der Waals surface area contributed by atoms with Gasteiger partial charge < -0.3 is 14.6 Å². The first-order chi connectivity index (χ1) is 17.9. The normalized spacial score (nSPS) is 11.6. The molecular formula is C28H28N6O3. The zero-order valence-corrected chi connectivity index (χ0v) is 21.0. The number of hydrogen-bond donors (Lipinski definition) is 2. The molecule has 0 bridgehead atoms. The van der Waals surface area contributed by atoms with Gasteiger partial charge in [0.1, 0.15) is 24.5 Å². The van der Waals surface area contributed by atoms with Crippen LogP contribution in [-0.2, 0) is 13.0 Å². The Morgan fingerprint density at radius 2 is 1.70 bits per heavy atom. The summed E-state index contributed by atoms with van der Waals surface area (Å²) in [5.41, 5.74) is 5.30. The molecule has 0 saturated heterocycles. The molecule has 37 heavy (non-hydrogen) atoms. The molecule has 0 unspecified atom stereocenters. The third-order valence-corrected chi connectivity index (χ3v) is 5.75. The molecule has 3 heterocycles. The quantitative estimate of drug-likeness (QED) is 0.300. The van der Waals surface area contributed by atoms with Crippen LogP contribution >= 0.6 is 0 Å². The van der Waals surface area contributed by atoms with Crippen LogP contribution in [0.4, 0.5) is 0 Å². The van der Waals surface area contributed by atoms with Crippen LogP contribution in [0.5, 0.6) is 11.6 Å². The number of fused-ring (bicyclic) bond motifs is 1. The predicted molar refractivity (Wildman–Crippen MR) is 140 cm³/mol. The van der Waals surface area contributed by atoms with Crippen LogP contribution in [0.2, 0.25) is 0 Å². The number of tetrazole rings is 1. The maximum atomic E-state index is 9.98. The summed E-state index contributed by atoms with van der Waals surface area (Å²) in [4.78, 5) is 9.28. The number of ether oxygens (including phenoxy) is 2. The first-order valence-electron chi connectivity index (χ1n) is 12.1. The Hall–Kier alpha value is -4.37. The molecule has 0 fully saturated rings. The van der Waals surface area contributed by atoms with Gasteiger partial charge in [0.25, 0.3) is 0 Å². The van der Waals surface area contributed by atoms with Gasteiger partial charge in [0, 0.05) is 23.4 Å². The van der Waals surface area contributed by atoms with E-state index < -0.39 is 5.60 Å². The third-order valence-electron chi connectivity index (χ3n) is 5.75. The average molecular weight is 497 g/mol. The Bertz CT molecular complexity index is 1500. The fourth-order valence-corrected chi connectivity index (χ4v) is 3.88. The fourth-order valence-electron chi connectivity index (χ4n) is 3.88. The van der Waals surface area contributed by atoms with E-state index in [0.717, 1.165) is 39.9 Å². The van der Waals surface area contributed by atoms with Crippen LogP contribution in [-0.4, -0.2) is 47.9 Å². The third kappa shape index (κ3) is 5.73. The minimum Gasteiger partial charge on any atom is -0.486 e. The highest BCUT2D eigenvalue weighted by atomic mass is 16.5. The van der Waals surface area contributed by atoms with Gasteiger partial charge >= 0.3 is 0 Å². The molecule has 5 aromatic rings. The molecule has 9 heteroatoms. The van der Waals surface area contributed by atoms with E-state index in [4.69, 9.17) is 9.47 Å². The number of nitrogens with one attached hydrogen (secondary N) is 1. The van der Waals surface area contributed by atoms with Crippen molar-refractivity contribution in [2.24, 2.45) is 0 Å². The summed E-state index contributed by atoms with van der Waals surface area (Å²) in [5, 5.41) is 24.4. The molecule has 0 aliphatic heterocycles. The van der Waals surface area contributed by atoms with Crippen molar-refractivity contribution in [3.8, 4) is 34.1 Å². The van der Waals surface area contributed by atoms with Gasteiger partial charge in [-0.15, -0.1) is 10.2 Å².